The molecular formula is C19H17ClN2O4S3. The van der Waals surface area contributed by atoms with Crippen molar-refractivity contribution in [1.29, 1.82) is 0 Å². The van der Waals surface area contributed by atoms with E-state index in [1.165, 1.54) is 17.4 Å². The van der Waals surface area contributed by atoms with Crippen LogP contribution in [0.1, 0.15) is 15.7 Å². The standard InChI is InChI=1S/C19H17ClN2O4S3/c20-14-7-5-13(6-8-14)11-21-18(23)19(24)22-12-16(15-3-1-9-27-15)29(25,26)17-4-2-10-28-17/h1-10,16H,11-12H2,(H,21,23)(H,22,24)/t16-/m1/s1. The molecule has 152 valence electrons. The van der Waals surface area contributed by atoms with Gasteiger partial charge in [-0.1, -0.05) is 35.9 Å². The summed E-state index contributed by atoms with van der Waals surface area (Å²) >= 11 is 8.22. The van der Waals surface area contributed by atoms with Gasteiger partial charge in [-0.05, 0) is 40.6 Å². The Morgan fingerprint density at radius 3 is 2.21 bits per heavy atom. The van der Waals surface area contributed by atoms with Crippen LogP contribution in [-0.2, 0) is 26.0 Å². The summed E-state index contributed by atoms with van der Waals surface area (Å²) in [5.41, 5.74) is 0.785. The Morgan fingerprint density at radius 2 is 1.59 bits per heavy atom. The molecule has 29 heavy (non-hydrogen) atoms. The van der Waals surface area contributed by atoms with Gasteiger partial charge < -0.3 is 10.6 Å². The Bertz CT molecular complexity index is 1060. The number of halogens is 1. The van der Waals surface area contributed by atoms with E-state index in [1.54, 1.807) is 53.2 Å². The van der Waals surface area contributed by atoms with Crippen LogP contribution in [-0.4, -0.2) is 26.8 Å². The highest BCUT2D eigenvalue weighted by Gasteiger charge is 2.31. The topological polar surface area (TPSA) is 92.3 Å². The fourth-order valence-electron chi connectivity index (χ4n) is 2.53. The second-order valence-corrected chi connectivity index (χ2v) is 10.7. The van der Waals surface area contributed by atoms with Crippen LogP contribution in [0.4, 0.5) is 0 Å². The van der Waals surface area contributed by atoms with Crippen molar-refractivity contribution in [1.82, 2.24) is 10.6 Å². The number of rotatable bonds is 7. The molecule has 0 fully saturated rings. The molecule has 0 aliphatic carbocycles. The van der Waals surface area contributed by atoms with Crippen LogP contribution >= 0.6 is 34.3 Å². The normalized spacial score (nSPS) is 12.3. The molecule has 2 aromatic heterocycles. The highest BCUT2D eigenvalue weighted by Crippen LogP contribution is 2.33. The summed E-state index contributed by atoms with van der Waals surface area (Å²) in [4.78, 5) is 24.8. The second-order valence-electron chi connectivity index (χ2n) is 6.00. The first-order chi connectivity index (χ1) is 13.9. The number of nitrogens with one attached hydrogen (secondary N) is 2. The van der Waals surface area contributed by atoms with Gasteiger partial charge in [-0.3, -0.25) is 9.59 Å². The average molecular weight is 469 g/mol. The monoisotopic (exact) mass is 468 g/mol. The smallest absolute Gasteiger partial charge is 0.309 e. The lowest BCUT2D eigenvalue weighted by Gasteiger charge is -2.16. The third-order valence-corrected chi connectivity index (χ3v) is 8.93. The van der Waals surface area contributed by atoms with Gasteiger partial charge in [0.15, 0.2) is 9.84 Å². The van der Waals surface area contributed by atoms with E-state index in [9.17, 15) is 18.0 Å². The van der Waals surface area contributed by atoms with Crippen molar-refractivity contribution in [2.45, 2.75) is 16.0 Å². The lowest BCUT2D eigenvalue weighted by molar-refractivity contribution is -0.139. The maximum atomic E-state index is 13.0. The van der Waals surface area contributed by atoms with E-state index < -0.39 is 26.9 Å². The summed E-state index contributed by atoms with van der Waals surface area (Å²) in [6.07, 6.45) is 0. The van der Waals surface area contributed by atoms with E-state index >= 15 is 0 Å². The third kappa shape index (κ3) is 5.45. The molecule has 1 aromatic carbocycles. The predicted molar refractivity (Wildman–Crippen MR) is 115 cm³/mol. The van der Waals surface area contributed by atoms with E-state index in [4.69, 9.17) is 11.6 Å². The minimum atomic E-state index is -3.69. The molecule has 0 aliphatic heterocycles. The molecule has 0 aliphatic rings. The number of hydrogen-bond donors (Lipinski definition) is 2. The van der Waals surface area contributed by atoms with Gasteiger partial charge in [0.1, 0.15) is 9.46 Å². The molecular weight excluding hydrogens is 452 g/mol. The van der Waals surface area contributed by atoms with E-state index in [1.807, 2.05) is 0 Å². The van der Waals surface area contributed by atoms with Gasteiger partial charge in [0.2, 0.25) is 0 Å². The molecule has 0 bridgehead atoms. The molecule has 2 N–H and O–H groups in total. The number of amides is 2. The number of thiophene rings is 2. The first-order valence-corrected chi connectivity index (χ1v) is 12.2. The van der Waals surface area contributed by atoms with Crippen LogP contribution in [0.3, 0.4) is 0 Å². The van der Waals surface area contributed by atoms with Crippen molar-refractivity contribution in [3.8, 4) is 0 Å². The van der Waals surface area contributed by atoms with Gasteiger partial charge >= 0.3 is 11.8 Å². The van der Waals surface area contributed by atoms with Gasteiger partial charge in [-0.2, -0.15) is 0 Å². The lowest BCUT2D eigenvalue weighted by Crippen LogP contribution is -2.41. The van der Waals surface area contributed by atoms with Crippen LogP contribution in [0.2, 0.25) is 5.02 Å². The number of hydrogen-bond acceptors (Lipinski definition) is 6. The van der Waals surface area contributed by atoms with E-state index in [0.29, 0.717) is 9.90 Å². The summed E-state index contributed by atoms with van der Waals surface area (Å²) in [7, 11) is -3.69. The quantitative estimate of drug-likeness (QED) is 0.520. The minimum absolute atomic E-state index is 0.158. The van der Waals surface area contributed by atoms with E-state index in [2.05, 4.69) is 10.6 Å². The number of sulfone groups is 1. The number of carbonyl (C=O) groups is 2. The zero-order chi connectivity index (χ0) is 20.9. The van der Waals surface area contributed by atoms with Gasteiger partial charge in [-0.15, -0.1) is 22.7 Å². The van der Waals surface area contributed by atoms with Crippen LogP contribution in [0.5, 0.6) is 0 Å². The molecule has 1 atom stereocenters. The maximum absolute atomic E-state index is 13.0. The van der Waals surface area contributed by atoms with Crippen LogP contribution in [0.15, 0.2) is 63.5 Å². The lowest BCUT2D eigenvalue weighted by atomic mass is 10.2. The van der Waals surface area contributed by atoms with E-state index in [0.717, 1.165) is 16.9 Å². The zero-order valence-electron chi connectivity index (χ0n) is 15.0. The van der Waals surface area contributed by atoms with Gasteiger partial charge in [0, 0.05) is 23.0 Å². The molecule has 6 nitrogen and oxygen atoms in total. The molecule has 0 radical (unpaired) electrons. The van der Waals surface area contributed by atoms with E-state index in [-0.39, 0.29) is 17.3 Å². The van der Waals surface area contributed by atoms with Crippen molar-refractivity contribution in [3.63, 3.8) is 0 Å². The first-order valence-electron chi connectivity index (χ1n) is 8.49. The summed E-state index contributed by atoms with van der Waals surface area (Å²) in [5, 5.41) is 8.01. The maximum Gasteiger partial charge on any atom is 0.309 e. The molecule has 0 saturated carbocycles. The fourth-order valence-corrected chi connectivity index (χ4v) is 6.65. The van der Waals surface area contributed by atoms with Crippen LogP contribution < -0.4 is 10.6 Å². The Morgan fingerprint density at radius 1 is 0.931 bits per heavy atom. The summed E-state index contributed by atoms with van der Waals surface area (Å²) in [6, 6.07) is 13.5. The summed E-state index contributed by atoms with van der Waals surface area (Å²) in [5.74, 6) is -1.72. The predicted octanol–water partition coefficient (Wildman–Crippen LogP) is 3.41. The fraction of sp³-hybridized carbons (Fsp3) is 0.158. The van der Waals surface area contributed by atoms with Crippen molar-refractivity contribution in [3.05, 3.63) is 74.8 Å². The molecule has 2 heterocycles. The Labute approximate surface area is 181 Å². The van der Waals surface area contributed by atoms with Crippen molar-refractivity contribution < 1.29 is 18.0 Å². The van der Waals surface area contributed by atoms with Gasteiger partial charge in [-0.25, -0.2) is 8.42 Å². The molecule has 2 amide bonds. The molecule has 3 aromatic rings. The zero-order valence-corrected chi connectivity index (χ0v) is 18.2. The average Bonchev–Trinajstić information content (AvgIpc) is 3.41. The SMILES string of the molecule is O=C(NCc1ccc(Cl)cc1)C(=O)NC[C@H](c1cccs1)S(=O)(=O)c1cccs1. The molecule has 3 rings (SSSR count). The van der Waals surface area contributed by atoms with Crippen molar-refractivity contribution in [2.24, 2.45) is 0 Å². The largest absolute Gasteiger partial charge is 0.346 e. The number of benzene rings is 1. The molecule has 0 saturated heterocycles. The highest BCUT2D eigenvalue weighted by molar-refractivity contribution is 7.93. The molecule has 0 unspecified atom stereocenters. The summed E-state index contributed by atoms with van der Waals surface area (Å²) < 4.78 is 26.2. The Hall–Kier alpha value is -2.20. The van der Waals surface area contributed by atoms with Gasteiger partial charge in [0.25, 0.3) is 0 Å². The molecule has 0 spiro atoms. The first kappa shape index (κ1) is 21.5. The third-order valence-electron chi connectivity index (χ3n) is 4.03. The summed E-state index contributed by atoms with van der Waals surface area (Å²) in [6.45, 7) is -0.0424. The highest BCUT2D eigenvalue weighted by atomic mass is 35.5. The van der Waals surface area contributed by atoms with Crippen molar-refractivity contribution in [2.75, 3.05) is 6.54 Å². The van der Waals surface area contributed by atoms with Crippen molar-refractivity contribution >= 4 is 55.9 Å². The van der Waals surface area contributed by atoms with Gasteiger partial charge in [0.05, 0.1) is 0 Å². The molecule has 10 heteroatoms. The second kappa shape index (κ2) is 9.53. The minimum Gasteiger partial charge on any atom is -0.346 e. The van der Waals surface area contributed by atoms with Crippen LogP contribution in [0, 0.1) is 0 Å². The number of carbonyl (C=O) groups excluding carboxylic acids is 2. The Kier molecular flexibility index (Phi) is 7.07. The van der Waals surface area contributed by atoms with Crippen LogP contribution in [0.25, 0.3) is 0 Å². The Balaban J connectivity index is 1.64.